The van der Waals surface area contributed by atoms with Crippen LogP contribution in [0, 0.1) is 0 Å². The molecule has 0 aliphatic rings. The van der Waals surface area contributed by atoms with Crippen LogP contribution in [0.15, 0.2) is 53.2 Å². The third kappa shape index (κ3) is 3.41. The zero-order valence-corrected chi connectivity index (χ0v) is 15.8. The van der Waals surface area contributed by atoms with Crippen molar-refractivity contribution >= 4 is 29.0 Å². The monoisotopic (exact) mass is 396 g/mol. The Morgan fingerprint density at radius 1 is 1.25 bits per heavy atom. The van der Waals surface area contributed by atoms with Crippen LogP contribution in [0.4, 0.5) is 5.82 Å². The number of carbonyl (C=O) groups excluding carboxylic acids is 1. The molecule has 0 aliphatic heterocycles. The van der Waals surface area contributed by atoms with Gasteiger partial charge in [-0.2, -0.15) is 4.52 Å². The number of hydrogen-bond acceptors (Lipinski definition) is 6. The highest BCUT2D eigenvalue weighted by Crippen LogP contribution is 2.24. The first-order chi connectivity index (χ1) is 13.5. The summed E-state index contributed by atoms with van der Waals surface area (Å²) >= 11 is 5.82. The predicted octanol–water partition coefficient (Wildman–Crippen LogP) is 3.28. The van der Waals surface area contributed by atoms with E-state index in [1.165, 1.54) is 4.52 Å². The van der Waals surface area contributed by atoms with Crippen LogP contribution in [0.25, 0.3) is 17.2 Å². The maximum Gasteiger partial charge on any atom is 0.254 e. The van der Waals surface area contributed by atoms with Crippen LogP contribution in [0.2, 0.25) is 5.22 Å². The molecular formula is C19H17ClN6O2. The van der Waals surface area contributed by atoms with Gasteiger partial charge in [0.2, 0.25) is 5.82 Å². The van der Waals surface area contributed by atoms with Gasteiger partial charge in [-0.15, -0.1) is 5.10 Å². The van der Waals surface area contributed by atoms with Crippen molar-refractivity contribution in [1.82, 2.24) is 24.5 Å². The second kappa shape index (κ2) is 7.32. The molecule has 0 bridgehead atoms. The lowest BCUT2D eigenvalue weighted by Crippen LogP contribution is -2.30. The Labute approximate surface area is 165 Å². The number of halogens is 1. The number of pyridine rings is 2. The number of nitrogens with zero attached hydrogens (tertiary/aromatic N) is 5. The van der Waals surface area contributed by atoms with Gasteiger partial charge in [-0.05, 0) is 60.5 Å². The molecule has 0 saturated heterocycles. The van der Waals surface area contributed by atoms with Gasteiger partial charge < -0.3 is 15.1 Å². The van der Waals surface area contributed by atoms with Crippen LogP contribution in [-0.2, 0) is 6.54 Å². The molecule has 1 amide bonds. The van der Waals surface area contributed by atoms with E-state index in [1.54, 1.807) is 41.6 Å². The van der Waals surface area contributed by atoms with E-state index in [4.69, 9.17) is 21.8 Å². The zero-order valence-electron chi connectivity index (χ0n) is 15.0. The number of carbonyl (C=O) groups is 1. The Balaban J connectivity index is 1.66. The van der Waals surface area contributed by atoms with Crippen molar-refractivity contribution in [2.24, 2.45) is 0 Å². The van der Waals surface area contributed by atoms with Gasteiger partial charge in [-0.25, -0.2) is 4.98 Å². The van der Waals surface area contributed by atoms with E-state index >= 15 is 0 Å². The Morgan fingerprint density at radius 2 is 2.04 bits per heavy atom. The number of furan rings is 1. The van der Waals surface area contributed by atoms with Crippen LogP contribution >= 0.6 is 11.6 Å². The molecule has 0 atom stereocenters. The summed E-state index contributed by atoms with van der Waals surface area (Å²) in [6.45, 7) is 2.96. The van der Waals surface area contributed by atoms with Crippen molar-refractivity contribution in [3.8, 4) is 11.6 Å². The number of fused-ring (bicyclic) bond motifs is 1. The molecular weight excluding hydrogens is 380 g/mol. The van der Waals surface area contributed by atoms with Crippen LogP contribution in [0.3, 0.4) is 0 Å². The molecule has 28 heavy (non-hydrogen) atoms. The Bertz CT molecular complexity index is 1140. The first kappa shape index (κ1) is 18.0. The molecule has 0 aliphatic carbocycles. The topological polar surface area (TPSA) is 103 Å². The third-order valence-electron chi connectivity index (χ3n) is 4.30. The number of rotatable bonds is 5. The van der Waals surface area contributed by atoms with E-state index in [9.17, 15) is 4.79 Å². The van der Waals surface area contributed by atoms with Crippen molar-refractivity contribution in [3.63, 3.8) is 0 Å². The fourth-order valence-corrected chi connectivity index (χ4v) is 3.04. The van der Waals surface area contributed by atoms with Gasteiger partial charge in [-0.1, -0.05) is 0 Å². The normalized spacial score (nSPS) is 11.1. The van der Waals surface area contributed by atoms with E-state index in [0.717, 1.165) is 5.56 Å². The smallest absolute Gasteiger partial charge is 0.254 e. The molecule has 0 aromatic carbocycles. The lowest BCUT2D eigenvalue weighted by molar-refractivity contribution is 0.0752. The minimum atomic E-state index is -0.140. The molecule has 0 radical (unpaired) electrons. The molecule has 0 spiro atoms. The van der Waals surface area contributed by atoms with Crippen molar-refractivity contribution in [3.05, 3.63) is 65.1 Å². The van der Waals surface area contributed by atoms with Crippen LogP contribution in [0.1, 0.15) is 22.8 Å². The molecule has 4 aromatic heterocycles. The van der Waals surface area contributed by atoms with Crippen molar-refractivity contribution < 1.29 is 9.21 Å². The van der Waals surface area contributed by atoms with Gasteiger partial charge in [0.15, 0.2) is 16.6 Å². The first-order valence-corrected chi connectivity index (χ1v) is 9.03. The third-order valence-corrected chi connectivity index (χ3v) is 4.50. The fourth-order valence-electron chi connectivity index (χ4n) is 2.89. The Morgan fingerprint density at radius 3 is 2.71 bits per heavy atom. The predicted molar refractivity (Wildman–Crippen MR) is 105 cm³/mol. The van der Waals surface area contributed by atoms with Crippen LogP contribution in [0.5, 0.6) is 0 Å². The first-order valence-electron chi connectivity index (χ1n) is 8.65. The summed E-state index contributed by atoms with van der Waals surface area (Å²) in [5.74, 6) is 0.928. The van der Waals surface area contributed by atoms with E-state index in [0.29, 0.717) is 41.7 Å². The Kier molecular flexibility index (Phi) is 4.70. The van der Waals surface area contributed by atoms with Gasteiger partial charge >= 0.3 is 0 Å². The summed E-state index contributed by atoms with van der Waals surface area (Å²) in [4.78, 5) is 23.2. The molecule has 0 unspecified atom stereocenters. The van der Waals surface area contributed by atoms with Crippen LogP contribution < -0.4 is 5.73 Å². The molecule has 0 fully saturated rings. The van der Waals surface area contributed by atoms with Crippen LogP contribution in [-0.4, -0.2) is 36.9 Å². The molecule has 4 aromatic rings. The number of hydrogen-bond donors (Lipinski definition) is 1. The summed E-state index contributed by atoms with van der Waals surface area (Å²) in [7, 11) is 0. The summed E-state index contributed by atoms with van der Waals surface area (Å²) < 4.78 is 6.80. The van der Waals surface area contributed by atoms with Crippen molar-refractivity contribution in [2.75, 3.05) is 12.3 Å². The van der Waals surface area contributed by atoms with Gasteiger partial charge in [-0.3, -0.25) is 9.78 Å². The molecule has 0 saturated carbocycles. The van der Waals surface area contributed by atoms with E-state index in [-0.39, 0.29) is 11.1 Å². The van der Waals surface area contributed by atoms with E-state index in [2.05, 4.69) is 15.1 Å². The second-order valence-corrected chi connectivity index (χ2v) is 6.53. The Hall–Kier alpha value is -3.39. The highest BCUT2D eigenvalue weighted by atomic mass is 35.5. The highest BCUT2D eigenvalue weighted by molar-refractivity contribution is 6.28. The standard InChI is InChI=1S/C19H17ClN6O2/c1-2-25(11-12-5-7-22-8-6-12)19(27)13-9-16(21)26-17(10-13)23-18(24-26)14-3-4-15(20)28-14/h3-10H,2,11,21H2,1H3. The lowest BCUT2D eigenvalue weighted by atomic mass is 10.2. The summed E-state index contributed by atoms with van der Waals surface area (Å²) in [5.41, 5.74) is 8.00. The number of nitrogens with two attached hydrogens (primary N) is 1. The minimum Gasteiger partial charge on any atom is -0.441 e. The minimum absolute atomic E-state index is 0.140. The molecule has 8 nitrogen and oxygen atoms in total. The number of aromatic nitrogens is 4. The van der Waals surface area contributed by atoms with Gasteiger partial charge in [0, 0.05) is 31.0 Å². The maximum absolute atomic E-state index is 13.0. The average molecular weight is 397 g/mol. The molecule has 2 N–H and O–H groups in total. The lowest BCUT2D eigenvalue weighted by Gasteiger charge is -2.21. The molecule has 9 heteroatoms. The largest absolute Gasteiger partial charge is 0.441 e. The van der Waals surface area contributed by atoms with E-state index in [1.807, 2.05) is 19.1 Å². The number of amides is 1. The maximum atomic E-state index is 13.0. The molecule has 4 rings (SSSR count). The summed E-state index contributed by atoms with van der Waals surface area (Å²) in [6, 6.07) is 10.3. The van der Waals surface area contributed by atoms with Crippen molar-refractivity contribution in [2.45, 2.75) is 13.5 Å². The molecule has 142 valence electrons. The SMILES string of the molecule is CCN(Cc1ccncc1)C(=O)c1cc(N)n2nc(-c3ccc(Cl)o3)nc2c1. The quantitative estimate of drug-likeness (QED) is 0.555. The van der Waals surface area contributed by atoms with Gasteiger partial charge in [0.1, 0.15) is 5.82 Å². The highest BCUT2D eigenvalue weighted by Gasteiger charge is 2.19. The van der Waals surface area contributed by atoms with E-state index < -0.39 is 0 Å². The number of anilines is 1. The molecule has 4 heterocycles. The second-order valence-electron chi connectivity index (χ2n) is 6.15. The summed E-state index contributed by atoms with van der Waals surface area (Å²) in [6.07, 6.45) is 3.41. The number of nitrogen functional groups attached to an aromatic ring is 1. The van der Waals surface area contributed by atoms with Crippen molar-refractivity contribution in [1.29, 1.82) is 0 Å². The summed E-state index contributed by atoms with van der Waals surface area (Å²) in [5, 5.41) is 4.57. The zero-order chi connectivity index (χ0) is 19.7. The fraction of sp³-hybridized carbons (Fsp3) is 0.158. The van der Waals surface area contributed by atoms with Gasteiger partial charge in [0.25, 0.3) is 5.91 Å². The average Bonchev–Trinajstić information content (AvgIpc) is 3.32. The van der Waals surface area contributed by atoms with Gasteiger partial charge in [0.05, 0.1) is 0 Å².